The largest absolute Gasteiger partial charge is 0.337 e. The van der Waals surface area contributed by atoms with Crippen LogP contribution in [-0.2, 0) is 22.6 Å². The SMILES string of the molecule is CC(C)(C(=O)Nc1ccc(Cl)cc1Cl)C(=O)N1CCc2ccccc2C1. The molecule has 0 unspecified atom stereocenters. The molecule has 3 rings (SSSR count). The van der Waals surface area contributed by atoms with E-state index in [1.165, 1.54) is 5.56 Å². The van der Waals surface area contributed by atoms with Gasteiger partial charge in [-0.25, -0.2) is 0 Å². The number of carbonyl (C=O) groups excluding carboxylic acids is 2. The minimum Gasteiger partial charge on any atom is -0.337 e. The van der Waals surface area contributed by atoms with Crippen molar-refractivity contribution in [2.45, 2.75) is 26.8 Å². The predicted molar refractivity (Wildman–Crippen MR) is 104 cm³/mol. The lowest BCUT2D eigenvalue weighted by Crippen LogP contribution is -2.48. The summed E-state index contributed by atoms with van der Waals surface area (Å²) in [5.74, 6) is -0.597. The van der Waals surface area contributed by atoms with Crippen LogP contribution in [0.2, 0.25) is 10.0 Å². The van der Waals surface area contributed by atoms with Gasteiger partial charge in [-0.15, -0.1) is 0 Å². The number of nitrogens with zero attached hydrogens (tertiary/aromatic N) is 1. The lowest BCUT2D eigenvalue weighted by molar-refractivity contribution is -0.147. The second kappa shape index (κ2) is 7.29. The molecule has 1 aliphatic heterocycles. The van der Waals surface area contributed by atoms with Gasteiger partial charge in [0.15, 0.2) is 0 Å². The van der Waals surface area contributed by atoms with E-state index in [1.54, 1.807) is 36.9 Å². The Kier molecular flexibility index (Phi) is 5.26. The molecule has 2 aromatic carbocycles. The van der Waals surface area contributed by atoms with Gasteiger partial charge in [0, 0.05) is 18.1 Å². The number of benzene rings is 2. The Labute approximate surface area is 163 Å². The molecule has 26 heavy (non-hydrogen) atoms. The van der Waals surface area contributed by atoms with Gasteiger partial charge in [0.2, 0.25) is 11.8 Å². The Morgan fingerprint density at radius 1 is 1.08 bits per heavy atom. The van der Waals surface area contributed by atoms with Crippen molar-refractivity contribution in [3.05, 3.63) is 63.6 Å². The number of carbonyl (C=O) groups is 2. The molecule has 1 N–H and O–H groups in total. The van der Waals surface area contributed by atoms with Gasteiger partial charge in [-0.3, -0.25) is 9.59 Å². The van der Waals surface area contributed by atoms with Crippen LogP contribution in [-0.4, -0.2) is 23.3 Å². The zero-order valence-corrected chi connectivity index (χ0v) is 16.2. The molecule has 2 amide bonds. The first-order valence-electron chi connectivity index (χ1n) is 8.41. The van der Waals surface area contributed by atoms with E-state index in [-0.39, 0.29) is 5.91 Å². The van der Waals surface area contributed by atoms with E-state index >= 15 is 0 Å². The second-order valence-electron chi connectivity index (χ2n) is 6.95. The second-order valence-corrected chi connectivity index (χ2v) is 7.79. The summed E-state index contributed by atoms with van der Waals surface area (Å²) < 4.78 is 0. The first-order valence-corrected chi connectivity index (χ1v) is 9.17. The van der Waals surface area contributed by atoms with E-state index in [0.29, 0.717) is 28.8 Å². The first-order chi connectivity index (χ1) is 12.3. The summed E-state index contributed by atoms with van der Waals surface area (Å²) >= 11 is 12.0. The van der Waals surface area contributed by atoms with Crippen LogP contribution in [0.5, 0.6) is 0 Å². The van der Waals surface area contributed by atoms with Crippen molar-refractivity contribution in [3.8, 4) is 0 Å². The van der Waals surface area contributed by atoms with E-state index < -0.39 is 11.3 Å². The summed E-state index contributed by atoms with van der Waals surface area (Å²) in [5, 5.41) is 3.56. The van der Waals surface area contributed by atoms with E-state index in [9.17, 15) is 9.59 Å². The minimum absolute atomic E-state index is 0.199. The minimum atomic E-state index is -1.21. The average Bonchev–Trinajstić information content (AvgIpc) is 2.62. The van der Waals surface area contributed by atoms with E-state index in [4.69, 9.17) is 23.2 Å². The van der Waals surface area contributed by atoms with Gasteiger partial charge in [-0.05, 0) is 49.6 Å². The number of nitrogens with one attached hydrogen (secondary N) is 1. The van der Waals surface area contributed by atoms with Gasteiger partial charge in [0.1, 0.15) is 5.41 Å². The van der Waals surface area contributed by atoms with Gasteiger partial charge in [-0.2, -0.15) is 0 Å². The molecule has 0 bridgehead atoms. The zero-order chi connectivity index (χ0) is 18.9. The topological polar surface area (TPSA) is 49.4 Å². The normalized spacial score (nSPS) is 13.9. The summed E-state index contributed by atoms with van der Waals surface area (Å²) in [6.07, 6.45) is 0.794. The fraction of sp³-hybridized carbons (Fsp3) is 0.300. The maximum Gasteiger partial charge on any atom is 0.239 e. The summed E-state index contributed by atoms with van der Waals surface area (Å²) in [6, 6.07) is 12.9. The number of hydrogen-bond acceptors (Lipinski definition) is 2. The van der Waals surface area contributed by atoms with Crippen molar-refractivity contribution in [3.63, 3.8) is 0 Å². The van der Waals surface area contributed by atoms with Crippen molar-refractivity contribution in [2.24, 2.45) is 5.41 Å². The summed E-state index contributed by atoms with van der Waals surface area (Å²) in [6.45, 7) is 4.39. The fourth-order valence-corrected chi connectivity index (χ4v) is 3.49. The van der Waals surface area contributed by atoms with Gasteiger partial charge >= 0.3 is 0 Å². The average molecular weight is 391 g/mol. The molecule has 0 atom stereocenters. The van der Waals surface area contributed by atoms with Crippen molar-refractivity contribution < 1.29 is 9.59 Å². The highest BCUT2D eigenvalue weighted by atomic mass is 35.5. The summed E-state index contributed by atoms with van der Waals surface area (Å²) in [7, 11) is 0. The molecule has 136 valence electrons. The van der Waals surface area contributed by atoms with Gasteiger partial charge in [-0.1, -0.05) is 47.5 Å². The Morgan fingerprint density at radius 3 is 2.46 bits per heavy atom. The molecule has 6 heteroatoms. The van der Waals surface area contributed by atoms with E-state index in [2.05, 4.69) is 11.4 Å². The maximum atomic E-state index is 13.0. The van der Waals surface area contributed by atoms with Crippen LogP contribution in [0.25, 0.3) is 0 Å². The third kappa shape index (κ3) is 3.71. The molecule has 2 aromatic rings. The molecule has 4 nitrogen and oxygen atoms in total. The number of rotatable bonds is 3. The molecule has 0 saturated carbocycles. The van der Waals surface area contributed by atoms with Crippen LogP contribution < -0.4 is 5.32 Å². The zero-order valence-electron chi connectivity index (χ0n) is 14.7. The van der Waals surface area contributed by atoms with E-state index in [0.717, 1.165) is 12.0 Å². The van der Waals surface area contributed by atoms with E-state index in [1.807, 2.05) is 18.2 Å². The lowest BCUT2D eigenvalue weighted by atomic mass is 9.88. The first kappa shape index (κ1) is 18.7. The molecule has 0 radical (unpaired) electrons. The Bertz CT molecular complexity index is 865. The van der Waals surface area contributed by atoms with Crippen LogP contribution in [0.1, 0.15) is 25.0 Å². The summed E-state index contributed by atoms with van der Waals surface area (Å²) in [5.41, 5.74) is 1.61. The van der Waals surface area contributed by atoms with Crippen LogP contribution in [0, 0.1) is 5.41 Å². The van der Waals surface area contributed by atoms with Crippen LogP contribution in [0.15, 0.2) is 42.5 Å². The quantitative estimate of drug-likeness (QED) is 0.781. The van der Waals surface area contributed by atoms with Crippen molar-refractivity contribution in [1.29, 1.82) is 0 Å². The molecule has 0 spiro atoms. The van der Waals surface area contributed by atoms with Crippen molar-refractivity contribution >= 4 is 40.7 Å². The molecule has 0 aromatic heterocycles. The van der Waals surface area contributed by atoms with Crippen molar-refractivity contribution in [2.75, 3.05) is 11.9 Å². The Balaban J connectivity index is 1.74. The van der Waals surface area contributed by atoms with Crippen LogP contribution in [0.3, 0.4) is 0 Å². The molecule has 1 aliphatic rings. The molecule has 0 saturated heterocycles. The van der Waals surface area contributed by atoms with Gasteiger partial charge in [0.25, 0.3) is 0 Å². The third-order valence-electron chi connectivity index (χ3n) is 4.70. The lowest BCUT2D eigenvalue weighted by Gasteiger charge is -2.34. The smallest absolute Gasteiger partial charge is 0.239 e. The maximum absolute atomic E-state index is 13.0. The Hall–Kier alpha value is -2.04. The number of fused-ring (bicyclic) bond motifs is 1. The molecular formula is C20H20Cl2N2O2. The number of hydrogen-bond donors (Lipinski definition) is 1. The Morgan fingerprint density at radius 2 is 1.77 bits per heavy atom. The van der Waals surface area contributed by atoms with Crippen LogP contribution in [0.4, 0.5) is 5.69 Å². The van der Waals surface area contributed by atoms with Gasteiger partial charge in [0.05, 0.1) is 10.7 Å². The third-order valence-corrected chi connectivity index (χ3v) is 5.25. The highest BCUT2D eigenvalue weighted by Gasteiger charge is 2.40. The molecule has 1 heterocycles. The van der Waals surface area contributed by atoms with Crippen LogP contribution >= 0.6 is 23.2 Å². The number of halogens is 2. The standard InChI is InChI=1S/C20H20Cl2N2O2/c1-20(2,18(25)23-17-8-7-15(21)11-16(17)22)19(26)24-10-9-13-5-3-4-6-14(13)12-24/h3-8,11H,9-10,12H2,1-2H3,(H,23,25). The van der Waals surface area contributed by atoms with Gasteiger partial charge < -0.3 is 10.2 Å². The molecule has 0 fully saturated rings. The fourth-order valence-electron chi connectivity index (χ4n) is 3.03. The number of anilines is 1. The number of amides is 2. The van der Waals surface area contributed by atoms with Crippen molar-refractivity contribution in [1.82, 2.24) is 4.90 Å². The summed E-state index contributed by atoms with van der Waals surface area (Å²) in [4.78, 5) is 27.5. The molecule has 0 aliphatic carbocycles. The monoisotopic (exact) mass is 390 g/mol. The highest BCUT2D eigenvalue weighted by Crippen LogP contribution is 2.29. The predicted octanol–water partition coefficient (Wildman–Crippen LogP) is 4.54. The highest BCUT2D eigenvalue weighted by molar-refractivity contribution is 6.36. The molecular weight excluding hydrogens is 371 g/mol.